The molecule has 0 aliphatic rings. The molecular weight excluding hydrogens is 234 g/mol. The molecule has 0 atom stereocenters. The van der Waals surface area contributed by atoms with Gasteiger partial charge in [-0.05, 0) is 0 Å². The minimum Gasteiger partial charge on any atom is -0.368 e. The van der Waals surface area contributed by atoms with E-state index in [9.17, 15) is 4.79 Å². The van der Waals surface area contributed by atoms with E-state index in [1.54, 1.807) is 0 Å². The smallest absolute Gasteiger partial charge is 0.271 e. The standard InChI is InChI=1S/C8H8ClN5O2/c9-6-7(11-3-12-8(6)15)10-2-1-5-13-4-16-14-5/h3-4H,1-2H2,(H2,10,11,12,15). The van der Waals surface area contributed by atoms with Crippen molar-refractivity contribution in [3.8, 4) is 0 Å². The highest BCUT2D eigenvalue weighted by atomic mass is 35.5. The van der Waals surface area contributed by atoms with E-state index in [-0.39, 0.29) is 10.6 Å². The summed E-state index contributed by atoms with van der Waals surface area (Å²) < 4.78 is 4.57. The summed E-state index contributed by atoms with van der Waals surface area (Å²) in [5.74, 6) is 0.919. The van der Waals surface area contributed by atoms with E-state index in [0.717, 1.165) is 0 Å². The Balaban J connectivity index is 1.95. The third kappa shape index (κ3) is 2.37. The first-order valence-electron chi connectivity index (χ1n) is 4.49. The lowest BCUT2D eigenvalue weighted by Gasteiger charge is -2.03. The second kappa shape index (κ2) is 4.75. The summed E-state index contributed by atoms with van der Waals surface area (Å²) in [7, 11) is 0. The van der Waals surface area contributed by atoms with Gasteiger partial charge in [0, 0.05) is 13.0 Å². The highest BCUT2D eigenvalue weighted by molar-refractivity contribution is 6.32. The Morgan fingerprint density at radius 3 is 3.12 bits per heavy atom. The van der Waals surface area contributed by atoms with Gasteiger partial charge in [0.2, 0.25) is 6.39 Å². The van der Waals surface area contributed by atoms with Crippen LogP contribution < -0.4 is 10.9 Å². The monoisotopic (exact) mass is 241 g/mol. The zero-order chi connectivity index (χ0) is 11.4. The van der Waals surface area contributed by atoms with Crippen molar-refractivity contribution in [3.05, 3.63) is 33.9 Å². The van der Waals surface area contributed by atoms with Crippen LogP contribution in [-0.4, -0.2) is 26.7 Å². The van der Waals surface area contributed by atoms with Gasteiger partial charge >= 0.3 is 0 Å². The molecule has 0 bridgehead atoms. The summed E-state index contributed by atoms with van der Waals surface area (Å²) in [6.07, 6.45) is 3.10. The van der Waals surface area contributed by atoms with E-state index in [1.165, 1.54) is 12.7 Å². The van der Waals surface area contributed by atoms with Crippen LogP contribution in [0.15, 0.2) is 22.0 Å². The zero-order valence-electron chi connectivity index (χ0n) is 8.11. The molecule has 0 aromatic carbocycles. The summed E-state index contributed by atoms with van der Waals surface area (Å²) in [6.45, 7) is 0.510. The summed E-state index contributed by atoms with van der Waals surface area (Å²) in [5.41, 5.74) is -0.376. The van der Waals surface area contributed by atoms with E-state index in [4.69, 9.17) is 11.6 Å². The van der Waals surface area contributed by atoms with Crippen LogP contribution in [0, 0.1) is 0 Å². The summed E-state index contributed by atoms with van der Waals surface area (Å²) in [6, 6.07) is 0. The van der Waals surface area contributed by atoms with E-state index in [2.05, 4.69) is 29.9 Å². The molecule has 0 amide bonds. The van der Waals surface area contributed by atoms with Crippen molar-refractivity contribution in [2.45, 2.75) is 6.42 Å². The van der Waals surface area contributed by atoms with Gasteiger partial charge in [-0.15, -0.1) is 0 Å². The highest BCUT2D eigenvalue weighted by Crippen LogP contribution is 2.11. The van der Waals surface area contributed by atoms with Crippen molar-refractivity contribution in [1.29, 1.82) is 0 Å². The van der Waals surface area contributed by atoms with Gasteiger partial charge < -0.3 is 14.8 Å². The number of hydrogen-bond donors (Lipinski definition) is 2. The lowest BCUT2D eigenvalue weighted by molar-refractivity contribution is 0.410. The van der Waals surface area contributed by atoms with Crippen molar-refractivity contribution in [1.82, 2.24) is 20.1 Å². The maximum absolute atomic E-state index is 11.1. The van der Waals surface area contributed by atoms with Crippen LogP contribution in [0.1, 0.15) is 5.82 Å². The number of H-pyrrole nitrogens is 1. The third-order valence-electron chi connectivity index (χ3n) is 1.84. The Hall–Kier alpha value is -1.89. The molecule has 84 valence electrons. The molecule has 16 heavy (non-hydrogen) atoms. The fourth-order valence-corrected chi connectivity index (χ4v) is 1.27. The van der Waals surface area contributed by atoms with Crippen LogP contribution in [0.25, 0.3) is 0 Å². The van der Waals surface area contributed by atoms with Gasteiger partial charge in [0.1, 0.15) is 5.02 Å². The Bertz CT molecular complexity index is 509. The Kier molecular flexibility index (Phi) is 3.16. The minimum atomic E-state index is -0.376. The molecule has 0 aliphatic carbocycles. The molecular formula is C8H8ClN5O2. The van der Waals surface area contributed by atoms with Gasteiger partial charge in [-0.1, -0.05) is 16.8 Å². The van der Waals surface area contributed by atoms with Crippen molar-refractivity contribution < 1.29 is 4.52 Å². The van der Waals surface area contributed by atoms with Crippen molar-refractivity contribution in [3.63, 3.8) is 0 Å². The number of nitrogens with one attached hydrogen (secondary N) is 2. The molecule has 0 radical (unpaired) electrons. The van der Waals surface area contributed by atoms with Gasteiger partial charge in [-0.25, -0.2) is 4.98 Å². The fourth-order valence-electron chi connectivity index (χ4n) is 1.10. The van der Waals surface area contributed by atoms with Crippen molar-refractivity contribution in [2.24, 2.45) is 0 Å². The van der Waals surface area contributed by atoms with Crippen LogP contribution >= 0.6 is 11.6 Å². The number of hydrogen-bond acceptors (Lipinski definition) is 6. The largest absolute Gasteiger partial charge is 0.368 e. The summed E-state index contributed by atoms with van der Waals surface area (Å²) in [5, 5.41) is 6.58. The zero-order valence-corrected chi connectivity index (χ0v) is 8.86. The van der Waals surface area contributed by atoms with E-state index in [1.807, 2.05) is 0 Å². The molecule has 2 rings (SSSR count). The van der Waals surface area contributed by atoms with Gasteiger partial charge in [0.15, 0.2) is 11.6 Å². The highest BCUT2D eigenvalue weighted by Gasteiger charge is 2.05. The third-order valence-corrected chi connectivity index (χ3v) is 2.20. The van der Waals surface area contributed by atoms with Crippen molar-refractivity contribution in [2.75, 3.05) is 11.9 Å². The first-order chi connectivity index (χ1) is 7.77. The molecule has 0 saturated carbocycles. The average Bonchev–Trinajstić information content (AvgIpc) is 2.77. The number of aromatic nitrogens is 4. The molecule has 0 fully saturated rings. The summed E-state index contributed by atoms with van der Waals surface area (Å²) in [4.78, 5) is 21.2. The topological polar surface area (TPSA) is 96.7 Å². The van der Waals surface area contributed by atoms with Gasteiger partial charge in [0.05, 0.1) is 6.33 Å². The number of nitrogens with zero attached hydrogens (tertiary/aromatic N) is 3. The van der Waals surface area contributed by atoms with Crippen LogP contribution in [0.3, 0.4) is 0 Å². The molecule has 0 spiro atoms. The maximum Gasteiger partial charge on any atom is 0.271 e. The van der Waals surface area contributed by atoms with E-state index in [0.29, 0.717) is 24.6 Å². The Morgan fingerprint density at radius 1 is 1.50 bits per heavy atom. The average molecular weight is 242 g/mol. The molecule has 7 nitrogen and oxygen atoms in total. The molecule has 2 aromatic heterocycles. The van der Waals surface area contributed by atoms with Crippen LogP contribution in [0.4, 0.5) is 5.82 Å². The normalized spacial score (nSPS) is 10.3. The quantitative estimate of drug-likeness (QED) is 0.807. The second-order valence-electron chi connectivity index (χ2n) is 2.92. The Morgan fingerprint density at radius 2 is 2.38 bits per heavy atom. The molecule has 8 heteroatoms. The molecule has 2 heterocycles. The minimum absolute atomic E-state index is 0.0376. The molecule has 2 aromatic rings. The lowest BCUT2D eigenvalue weighted by Crippen LogP contribution is -2.13. The molecule has 0 aliphatic heterocycles. The van der Waals surface area contributed by atoms with Gasteiger partial charge in [-0.3, -0.25) is 4.79 Å². The van der Waals surface area contributed by atoms with Crippen LogP contribution in [0.2, 0.25) is 5.02 Å². The van der Waals surface area contributed by atoms with Gasteiger partial charge in [-0.2, -0.15) is 4.98 Å². The molecule has 0 saturated heterocycles. The number of rotatable bonds is 4. The Labute approximate surface area is 94.9 Å². The van der Waals surface area contributed by atoms with Crippen molar-refractivity contribution >= 4 is 17.4 Å². The van der Waals surface area contributed by atoms with Crippen LogP contribution in [0.5, 0.6) is 0 Å². The fraction of sp³-hybridized carbons (Fsp3) is 0.250. The number of anilines is 1. The van der Waals surface area contributed by atoms with E-state index >= 15 is 0 Å². The van der Waals surface area contributed by atoms with Crippen LogP contribution in [-0.2, 0) is 6.42 Å². The second-order valence-corrected chi connectivity index (χ2v) is 3.30. The predicted octanol–water partition coefficient (Wildman–Crippen LogP) is 0.461. The van der Waals surface area contributed by atoms with E-state index < -0.39 is 0 Å². The lowest BCUT2D eigenvalue weighted by atomic mass is 10.4. The number of halogens is 1. The maximum atomic E-state index is 11.1. The SMILES string of the molecule is O=c1[nH]cnc(NCCc2ncon2)c1Cl. The molecule has 2 N–H and O–H groups in total. The molecule has 0 unspecified atom stereocenters. The first kappa shape index (κ1) is 10.6. The summed E-state index contributed by atoms with van der Waals surface area (Å²) >= 11 is 5.74. The predicted molar refractivity (Wildman–Crippen MR) is 56.4 cm³/mol. The van der Waals surface area contributed by atoms with Gasteiger partial charge in [0.25, 0.3) is 5.56 Å². The first-order valence-corrected chi connectivity index (χ1v) is 4.87. The number of aromatic amines is 1.